The molecule has 0 bridgehead atoms. The van der Waals surface area contributed by atoms with Gasteiger partial charge in [0, 0.05) is 35.8 Å². The van der Waals surface area contributed by atoms with Crippen LogP contribution < -0.4 is 16.2 Å². The van der Waals surface area contributed by atoms with E-state index in [1.807, 2.05) is 30.3 Å². The lowest BCUT2D eigenvalue weighted by molar-refractivity contribution is -0.116. The van der Waals surface area contributed by atoms with E-state index >= 15 is 0 Å². The average molecular weight is 349 g/mol. The highest BCUT2D eigenvalue weighted by Crippen LogP contribution is 2.16. The number of benzene rings is 2. The average Bonchev–Trinajstić information content (AvgIpc) is 2.59. The molecule has 3 rings (SSSR count). The number of carbonyl (C=O) groups excluding carboxylic acids is 2. The van der Waals surface area contributed by atoms with E-state index in [1.165, 1.54) is 6.92 Å². The molecule has 1 aromatic heterocycles. The van der Waals surface area contributed by atoms with Crippen LogP contribution in [0.3, 0.4) is 0 Å². The number of amides is 2. The molecule has 3 aromatic rings. The van der Waals surface area contributed by atoms with E-state index in [-0.39, 0.29) is 23.8 Å². The quantitative estimate of drug-likeness (QED) is 0.661. The Kier molecular flexibility index (Phi) is 5.12. The summed E-state index contributed by atoms with van der Waals surface area (Å²) >= 11 is 0. The second-order valence-corrected chi connectivity index (χ2v) is 6.02. The highest BCUT2D eigenvalue weighted by molar-refractivity contribution is 5.93. The molecule has 26 heavy (non-hydrogen) atoms. The number of fused-ring (bicyclic) bond motifs is 1. The largest absolute Gasteiger partial charge is 0.326 e. The Hall–Kier alpha value is -3.41. The maximum absolute atomic E-state index is 12.2. The Morgan fingerprint density at radius 1 is 0.962 bits per heavy atom. The van der Waals surface area contributed by atoms with Crippen molar-refractivity contribution in [3.05, 3.63) is 70.5 Å². The summed E-state index contributed by atoms with van der Waals surface area (Å²) in [6.07, 6.45) is 0.531. The molecule has 0 spiro atoms. The minimum absolute atomic E-state index is 0.177. The molecule has 0 aliphatic carbocycles. The molecule has 0 fully saturated rings. The molecule has 0 saturated carbocycles. The molecule has 6 nitrogen and oxygen atoms in total. The SMILES string of the molecule is CC(=O)Nc1cccc(NC(=O)CCc2cc3ccccc3[nH]c2=O)c1. The maximum Gasteiger partial charge on any atom is 0.251 e. The molecule has 6 heteroatoms. The molecule has 0 aliphatic heterocycles. The van der Waals surface area contributed by atoms with Crippen LogP contribution in [0.4, 0.5) is 11.4 Å². The molecule has 0 aliphatic rings. The Morgan fingerprint density at radius 2 is 1.69 bits per heavy atom. The van der Waals surface area contributed by atoms with E-state index in [0.717, 1.165) is 10.9 Å². The summed E-state index contributed by atoms with van der Waals surface area (Å²) in [6, 6.07) is 16.3. The van der Waals surface area contributed by atoms with Crippen molar-refractivity contribution in [1.29, 1.82) is 0 Å². The summed E-state index contributed by atoms with van der Waals surface area (Å²) in [5.74, 6) is -0.374. The zero-order valence-corrected chi connectivity index (χ0v) is 14.3. The molecular weight excluding hydrogens is 330 g/mol. The minimum Gasteiger partial charge on any atom is -0.326 e. The van der Waals surface area contributed by atoms with Gasteiger partial charge in [0.15, 0.2) is 0 Å². The van der Waals surface area contributed by atoms with Gasteiger partial charge in [0.25, 0.3) is 5.56 Å². The van der Waals surface area contributed by atoms with Crippen LogP contribution >= 0.6 is 0 Å². The molecule has 0 saturated heterocycles. The fraction of sp³-hybridized carbons (Fsp3) is 0.150. The van der Waals surface area contributed by atoms with Gasteiger partial charge in [-0.3, -0.25) is 14.4 Å². The zero-order valence-electron chi connectivity index (χ0n) is 14.3. The predicted molar refractivity (Wildman–Crippen MR) is 102 cm³/mol. The lowest BCUT2D eigenvalue weighted by Crippen LogP contribution is -2.17. The molecule has 2 amide bonds. The molecule has 0 radical (unpaired) electrons. The van der Waals surface area contributed by atoms with E-state index in [9.17, 15) is 14.4 Å². The molecule has 0 unspecified atom stereocenters. The van der Waals surface area contributed by atoms with Crippen LogP contribution in [0.2, 0.25) is 0 Å². The number of rotatable bonds is 5. The highest BCUT2D eigenvalue weighted by atomic mass is 16.2. The van der Waals surface area contributed by atoms with Crippen LogP contribution in [0.25, 0.3) is 10.9 Å². The normalized spacial score (nSPS) is 10.5. The summed E-state index contributed by atoms with van der Waals surface area (Å²) in [5, 5.41) is 6.38. The first-order chi connectivity index (χ1) is 12.5. The number of H-pyrrole nitrogens is 1. The van der Waals surface area contributed by atoms with E-state index in [2.05, 4.69) is 15.6 Å². The second-order valence-electron chi connectivity index (χ2n) is 6.02. The van der Waals surface area contributed by atoms with E-state index < -0.39 is 0 Å². The fourth-order valence-corrected chi connectivity index (χ4v) is 2.73. The summed E-state index contributed by atoms with van der Waals surface area (Å²) in [4.78, 5) is 38.2. The van der Waals surface area contributed by atoms with Crippen LogP contribution in [0.5, 0.6) is 0 Å². The first-order valence-electron chi connectivity index (χ1n) is 8.30. The summed E-state index contributed by atoms with van der Waals surface area (Å²) < 4.78 is 0. The van der Waals surface area contributed by atoms with Crippen LogP contribution in [0.1, 0.15) is 18.9 Å². The van der Waals surface area contributed by atoms with Crippen LogP contribution in [-0.2, 0) is 16.0 Å². The van der Waals surface area contributed by atoms with Crippen molar-refractivity contribution < 1.29 is 9.59 Å². The van der Waals surface area contributed by atoms with E-state index in [0.29, 0.717) is 23.4 Å². The van der Waals surface area contributed by atoms with E-state index in [4.69, 9.17) is 0 Å². The third-order valence-electron chi connectivity index (χ3n) is 3.92. The van der Waals surface area contributed by atoms with Crippen molar-refractivity contribution in [1.82, 2.24) is 4.98 Å². The van der Waals surface area contributed by atoms with Crippen molar-refractivity contribution in [2.24, 2.45) is 0 Å². The van der Waals surface area contributed by atoms with Gasteiger partial charge >= 0.3 is 0 Å². The number of hydrogen-bond acceptors (Lipinski definition) is 3. The Labute approximate surface area is 150 Å². The zero-order chi connectivity index (χ0) is 18.5. The number of aryl methyl sites for hydroxylation is 1. The van der Waals surface area contributed by atoms with Gasteiger partial charge in [0.1, 0.15) is 0 Å². The van der Waals surface area contributed by atoms with Crippen molar-refractivity contribution in [3.63, 3.8) is 0 Å². The van der Waals surface area contributed by atoms with Gasteiger partial charge in [0.05, 0.1) is 0 Å². The van der Waals surface area contributed by atoms with Crippen LogP contribution in [-0.4, -0.2) is 16.8 Å². The molecule has 1 heterocycles. The molecule has 3 N–H and O–H groups in total. The van der Waals surface area contributed by atoms with Gasteiger partial charge in [0.2, 0.25) is 11.8 Å². The van der Waals surface area contributed by atoms with Crippen molar-refractivity contribution in [3.8, 4) is 0 Å². The first-order valence-corrected chi connectivity index (χ1v) is 8.30. The summed E-state index contributed by atoms with van der Waals surface area (Å²) in [5.41, 5.74) is 2.38. The predicted octanol–water partition coefficient (Wildman–Crippen LogP) is 3.06. The molecule has 132 valence electrons. The summed E-state index contributed by atoms with van der Waals surface area (Å²) in [6.45, 7) is 1.42. The van der Waals surface area contributed by atoms with Crippen molar-refractivity contribution >= 4 is 34.1 Å². The number of pyridine rings is 1. The van der Waals surface area contributed by atoms with Gasteiger partial charge in [-0.15, -0.1) is 0 Å². The topological polar surface area (TPSA) is 91.1 Å². The number of nitrogens with one attached hydrogen (secondary N) is 3. The molecule has 2 aromatic carbocycles. The monoisotopic (exact) mass is 349 g/mol. The minimum atomic E-state index is -0.197. The van der Waals surface area contributed by atoms with Gasteiger partial charge in [-0.1, -0.05) is 24.3 Å². The van der Waals surface area contributed by atoms with Gasteiger partial charge in [-0.25, -0.2) is 0 Å². The number of anilines is 2. The van der Waals surface area contributed by atoms with Gasteiger partial charge in [-0.05, 0) is 42.1 Å². The Bertz CT molecular complexity index is 1020. The van der Waals surface area contributed by atoms with Gasteiger partial charge in [-0.2, -0.15) is 0 Å². The van der Waals surface area contributed by atoms with Gasteiger partial charge < -0.3 is 15.6 Å². The number of hydrogen-bond donors (Lipinski definition) is 3. The summed E-state index contributed by atoms with van der Waals surface area (Å²) in [7, 11) is 0. The number of para-hydroxylation sites is 1. The van der Waals surface area contributed by atoms with Crippen LogP contribution in [0.15, 0.2) is 59.4 Å². The second kappa shape index (κ2) is 7.65. The van der Waals surface area contributed by atoms with Crippen molar-refractivity contribution in [2.75, 3.05) is 10.6 Å². The highest BCUT2D eigenvalue weighted by Gasteiger charge is 2.08. The third-order valence-corrected chi connectivity index (χ3v) is 3.92. The maximum atomic E-state index is 12.2. The third kappa shape index (κ3) is 4.36. The van der Waals surface area contributed by atoms with Crippen molar-refractivity contribution in [2.45, 2.75) is 19.8 Å². The Morgan fingerprint density at radius 3 is 2.46 bits per heavy atom. The lowest BCUT2D eigenvalue weighted by Gasteiger charge is -2.08. The number of carbonyl (C=O) groups is 2. The number of aromatic nitrogens is 1. The first kappa shape index (κ1) is 17.4. The molecular formula is C20H19N3O3. The Balaban J connectivity index is 1.65. The smallest absolute Gasteiger partial charge is 0.251 e. The number of aromatic amines is 1. The molecule has 0 atom stereocenters. The lowest BCUT2D eigenvalue weighted by atomic mass is 10.1. The fourth-order valence-electron chi connectivity index (χ4n) is 2.73. The standard InChI is InChI=1S/C20H19N3O3/c1-13(24)21-16-6-4-7-17(12-16)22-19(25)10-9-15-11-14-5-2-3-8-18(14)23-20(15)26/h2-8,11-12H,9-10H2,1H3,(H,21,24)(H,22,25)(H,23,26). The van der Waals surface area contributed by atoms with Crippen LogP contribution in [0, 0.1) is 0 Å². The van der Waals surface area contributed by atoms with E-state index in [1.54, 1.807) is 24.3 Å².